The lowest BCUT2D eigenvalue weighted by molar-refractivity contribution is -0.384. The number of ether oxygens (including phenoxy) is 1. The fourth-order valence-corrected chi connectivity index (χ4v) is 4.29. The summed E-state index contributed by atoms with van der Waals surface area (Å²) in [7, 11) is 0. The molecular formula is C25H16N4O4S. The number of aromatic nitrogens is 1. The molecule has 0 aliphatic heterocycles. The summed E-state index contributed by atoms with van der Waals surface area (Å²) >= 11 is 1.48. The van der Waals surface area contributed by atoms with Crippen LogP contribution in [0.3, 0.4) is 0 Å². The maximum atomic E-state index is 12.8. The number of nitro benzene ring substituents is 1. The molecule has 1 aromatic heterocycles. The van der Waals surface area contributed by atoms with Crippen LogP contribution in [-0.4, -0.2) is 22.1 Å². The Labute approximate surface area is 197 Å². The van der Waals surface area contributed by atoms with Gasteiger partial charge in [0.25, 0.3) is 5.69 Å². The number of nitro groups is 1. The Kier molecular flexibility index (Phi) is 5.67. The lowest BCUT2D eigenvalue weighted by Gasteiger charge is -2.10. The SMILES string of the molecule is O=C(Oc1ccc2ccccc2c1/C=N/Nc1nc2ccccc2s1)c1cccc([N+](=O)[O-])c1. The normalized spacial score (nSPS) is 11.2. The Morgan fingerprint density at radius 3 is 2.71 bits per heavy atom. The Hall–Kier alpha value is -4.63. The number of carbonyl (C=O) groups is 1. The molecule has 0 aliphatic rings. The van der Waals surface area contributed by atoms with Gasteiger partial charge < -0.3 is 4.74 Å². The lowest BCUT2D eigenvalue weighted by atomic mass is 10.0. The smallest absolute Gasteiger partial charge is 0.343 e. The van der Waals surface area contributed by atoms with Crippen LogP contribution in [0.25, 0.3) is 21.0 Å². The molecule has 4 aromatic carbocycles. The van der Waals surface area contributed by atoms with E-state index in [1.807, 2.05) is 54.6 Å². The fourth-order valence-electron chi connectivity index (χ4n) is 3.48. The highest BCUT2D eigenvalue weighted by Crippen LogP contribution is 2.29. The average molecular weight is 468 g/mol. The molecule has 9 heteroatoms. The van der Waals surface area contributed by atoms with Gasteiger partial charge >= 0.3 is 5.97 Å². The van der Waals surface area contributed by atoms with Gasteiger partial charge in [-0.3, -0.25) is 15.5 Å². The summed E-state index contributed by atoms with van der Waals surface area (Å²) in [5.41, 5.74) is 4.30. The number of non-ortho nitro benzene ring substituents is 1. The Balaban J connectivity index is 1.46. The molecular weight excluding hydrogens is 452 g/mol. The molecule has 0 spiro atoms. The molecule has 5 rings (SSSR count). The summed E-state index contributed by atoms with van der Waals surface area (Å²) in [4.78, 5) is 27.7. The molecule has 0 radical (unpaired) electrons. The van der Waals surface area contributed by atoms with Crippen LogP contribution in [0.15, 0.2) is 90.0 Å². The highest BCUT2D eigenvalue weighted by Gasteiger charge is 2.16. The number of hydrogen-bond acceptors (Lipinski definition) is 8. The number of hydrogen-bond donors (Lipinski definition) is 1. The van der Waals surface area contributed by atoms with Gasteiger partial charge in [0.1, 0.15) is 5.75 Å². The molecule has 5 aromatic rings. The summed E-state index contributed by atoms with van der Waals surface area (Å²) < 4.78 is 6.67. The average Bonchev–Trinajstić information content (AvgIpc) is 3.28. The summed E-state index contributed by atoms with van der Waals surface area (Å²) in [5.74, 6) is -0.419. The number of para-hydroxylation sites is 1. The van der Waals surface area contributed by atoms with Crippen molar-refractivity contribution in [2.45, 2.75) is 0 Å². The zero-order valence-electron chi connectivity index (χ0n) is 17.5. The van der Waals surface area contributed by atoms with Crippen molar-refractivity contribution in [1.82, 2.24) is 4.98 Å². The second-order valence-electron chi connectivity index (χ2n) is 7.25. The zero-order chi connectivity index (χ0) is 23.5. The van der Waals surface area contributed by atoms with Crippen molar-refractivity contribution < 1.29 is 14.5 Å². The van der Waals surface area contributed by atoms with Gasteiger partial charge in [0.15, 0.2) is 0 Å². The first-order chi connectivity index (χ1) is 16.6. The standard InChI is InChI=1S/C25H16N4O4S/c30-24(17-7-5-8-18(14-17)29(31)32)33-22-13-12-16-6-1-2-9-19(16)20(22)15-26-28-25-27-21-10-3-4-11-23(21)34-25/h1-15H,(H,27,28)/b26-15+. The molecule has 0 atom stereocenters. The topological polar surface area (TPSA) is 107 Å². The van der Waals surface area contributed by atoms with Crippen LogP contribution in [0.5, 0.6) is 5.75 Å². The predicted octanol–water partition coefficient (Wildman–Crippen LogP) is 6.02. The van der Waals surface area contributed by atoms with E-state index in [9.17, 15) is 14.9 Å². The maximum absolute atomic E-state index is 12.8. The molecule has 0 fully saturated rings. The Bertz CT molecular complexity index is 1550. The van der Waals surface area contributed by atoms with Crippen molar-refractivity contribution >= 4 is 55.3 Å². The summed E-state index contributed by atoms with van der Waals surface area (Å²) in [6, 6.07) is 24.4. The van der Waals surface area contributed by atoms with Gasteiger partial charge in [0.05, 0.1) is 26.9 Å². The number of esters is 1. The van der Waals surface area contributed by atoms with E-state index in [4.69, 9.17) is 4.74 Å². The number of benzene rings is 4. The minimum atomic E-state index is -0.701. The van der Waals surface area contributed by atoms with Crippen molar-refractivity contribution in [3.05, 3.63) is 106 Å². The summed E-state index contributed by atoms with van der Waals surface area (Å²) in [6.07, 6.45) is 1.57. The van der Waals surface area contributed by atoms with Crippen molar-refractivity contribution in [2.75, 3.05) is 5.43 Å². The molecule has 1 heterocycles. The Morgan fingerprint density at radius 1 is 1.03 bits per heavy atom. The monoisotopic (exact) mass is 468 g/mol. The third kappa shape index (κ3) is 4.32. The quantitative estimate of drug-likeness (QED) is 0.107. The maximum Gasteiger partial charge on any atom is 0.343 e. The van der Waals surface area contributed by atoms with Crippen LogP contribution in [-0.2, 0) is 0 Å². The largest absolute Gasteiger partial charge is 0.422 e. The summed E-state index contributed by atoms with van der Waals surface area (Å²) in [5, 5.41) is 17.8. The van der Waals surface area contributed by atoms with Gasteiger partial charge in [0.2, 0.25) is 5.13 Å². The molecule has 1 N–H and O–H groups in total. The van der Waals surface area contributed by atoms with E-state index in [2.05, 4.69) is 15.5 Å². The molecule has 0 saturated carbocycles. The van der Waals surface area contributed by atoms with Crippen LogP contribution >= 0.6 is 11.3 Å². The van der Waals surface area contributed by atoms with Crippen LogP contribution in [0, 0.1) is 10.1 Å². The van der Waals surface area contributed by atoms with E-state index < -0.39 is 10.9 Å². The fraction of sp³-hybridized carbons (Fsp3) is 0. The van der Waals surface area contributed by atoms with Gasteiger partial charge in [-0.1, -0.05) is 59.9 Å². The second kappa shape index (κ2) is 9.08. The molecule has 166 valence electrons. The molecule has 8 nitrogen and oxygen atoms in total. The van der Waals surface area contributed by atoms with Crippen LogP contribution in [0.4, 0.5) is 10.8 Å². The summed E-state index contributed by atoms with van der Waals surface area (Å²) in [6.45, 7) is 0. The molecule has 0 saturated heterocycles. The molecule has 0 amide bonds. The van der Waals surface area contributed by atoms with E-state index in [0.717, 1.165) is 21.0 Å². The Morgan fingerprint density at radius 2 is 1.85 bits per heavy atom. The molecule has 0 aliphatic carbocycles. The van der Waals surface area contributed by atoms with Gasteiger partial charge in [-0.05, 0) is 35.0 Å². The molecule has 0 unspecified atom stereocenters. The minimum absolute atomic E-state index is 0.0813. The number of fused-ring (bicyclic) bond motifs is 2. The van der Waals surface area contributed by atoms with E-state index in [1.54, 1.807) is 12.3 Å². The van der Waals surface area contributed by atoms with E-state index in [0.29, 0.717) is 10.7 Å². The number of anilines is 1. The highest BCUT2D eigenvalue weighted by molar-refractivity contribution is 7.22. The van der Waals surface area contributed by atoms with E-state index in [1.165, 1.54) is 35.6 Å². The third-order valence-electron chi connectivity index (χ3n) is 5.07. The van der Waals surface area contributed by atoms with Crippen molar-refractivity contribution in [3.8, 4) is 5.75 Å². The highest BCUT2D eigenvalue weighted by atomic mass is 32.1. The third-order valence-corrected chi connectivity index (χ3v) is 6.01. The lowest BCUT2D eigenvalue weighted by Crippen LogP contribution is -2.10. The molecule has 0 bridgehead atoms. The van der Waals surface area contributed by atoms with Crippen molar-refractivity contribution in [1.29, 1.82) is 0 Å². The van der Waals surface area contributed by atoms with E-state index in [-0.39, 0.29) is 17.0 Å². The number of rotatable bonds is 6. The first kappa shape index (κ1) is 21.2. The van der Waals surface area contributed by atoms with Gasteiger partial charge in [-0.2, -0.15) is 5.10 Å². The first-order valence-corrected chi connectivity index (χ1v) is 11.0. The number of thiazole rings is 1. The van der Waals surface area contributed by atoms with Crippen LogP contribution in [0.2, 0.25) is 0 Å². The first-order valence-electron chi connectivity index (χ1n) is 10.2. The van der Waals surface area contributed by atoms with E-state index >= 15 is 0 Å². The van der Waals surface area contributed by atoms with Crippen LogP contribution < -0.4 is 10.2 Å². The number of nitrogens with one attached hydrogen (secondary N) is 1. The van der Waals surface area contributed by atoms with Gasteiger partial charge in [-0.25, -0.2) is 9.78 Å². The number of hydrazone groups is 1. The van der Waals surface area contributed by atoms with Gasteiger partial charge in [0, 0.05) is 17.7 Å². The van der Waals surface area contributed by atoms with Crippen molar-refractivity contribution in [3.63, 3.8) is 0 Å². The van der Waals surface area contributed by atoms with Crippen molar-refractivity contribution in [2.24, 2.45) is 5.10 Å². The number of nitrogens with zero attached hydrogens (tertiary/aromatic N) is 3. The minimum Gasteiger partial charge on any atom is -0.422 e. The molecule has 34 heavy (non-hydrogen) atoms. The van der Waals surface area contributed by atoms with Gasteiger partial charge in [-0.15, -0.1) is 0 Å². The zero-order valence-corrected chi connectivity index (χ0v) is 18.4. The van der Waals surface area contributed by atoms with Crippen LogP contribution in [0.1, 0.15) is 15.9 Å². The second-order valence-corrected chi connectivity index (χ2v) is 8.28. The number of carbonyl (C=O) groups excluding carboxylic acids is 1. The predicted molar refractivity (Wildman–Crippen MR) is 133 cm³/mol.